The molecule has 0 aliphatic carbocycles. The molecule has 0 saturated carbocycles. The molecule has 7 heteroatoms. The molecule has 1 aliphatic rings. The fraction of sp³-hybridized carbons (Fsp3) is 0.533. The minimum Gasteiger partial charge on any atom is -0.393 e. The first-order valence-corrected chi connectivity index (χ1v) is 7.46. The minimum atomic E-state index is -1.08. The topological polar surface area (TPSA) is 91.0 Å². The van der Waals surface area contributed by atoms with Crippen LogP contribution >= 0.6 is 0 Å². The average Bonchev–Trinajstić information content (AvgIpc) is 2.91. The van der Waals surface area contributed by atoms with E-state index in [2.05, 4.69) is 10.1 Å². The highest BCUT2D eigenvalue weighted by Crippen LogP contribution is 2.23. The normalized spacial score (nSPS) is 22.8. The van der Waals surface area contributed by atoms with Crippen molar-refractivity contribution in [1.29, 1.82) is 0 Å². The van der Waals surface area contributed by atoms with Crippen LogP contribution in [0.5, 0.6) is 0 Å². The Balaban J connectivity index is 1.85. The fourth-order valence-corrected chi connectivity index (χ4v) is 2.91. The molecule has 0 spiro atoms. The number of fused-ring (bicyclic) bond motifs is 1. The number of aliphatic hydroxyl groups excluding tert-OH is 1. The molecule has 1 saturated heterocycles. The lowest BCUT2D eigenvalue weighted by atomic mass is 9.96. The number of hydrogen-bond acceptors (Lipinski definition) is 5. The van der Waals surface area contributed by atoms with Crippen LogP contribution in [0.25, 0.3) is 5.65 Å². The van der Waals surface area contributed by atoms with Gasteiger partial charge in [-0.25, -0.2) is 9.50 Å². The van der Waals surface area contributed by atoms with Gasteiger partial charge in [0.25, 0.3) is 5.91 Å². The van der Waals surface area contributed by atoms with Crippen molar-refractivity contribution in [3.8, 4) is 0 Å². The van der Waals surface area contributed by atoms with Crippen molar-refractivity contribution < 1.29 is 15.0 Å². The first-order chi connectivity index (χ1) is 10.5. The Morgan fingerprint density at radius 3 is 3.00 bits per heavy atom. The van der Waals surface area contributed by atoms with E-state index < -0.39 is 5.60 Å². The molecule has 0 aromatic carbocycles. The van der Waals surface area contributed by atoms with Crippen LogP contribution in [0.15, 0.2) is 18.5 Å². The largest absolute Gasteiger partial charge is 0.393 e. The molecule has 2 aromatic rings. The maximum atomic E-state index is 12.7. The van der Waals surface area contributed by atoms with Crippen molar-refractivity contribution in [1.82, 2.24) is 19.5 Å². The van der Waals surface area contributed by atoms with Crippen LogP contribution in [0.3, 0.4) is 0 Å². The number of carbonyl (C=O) groups is 1. The number of carbonyl (C=O) groups excluding carboxylic acids is 1. The fourth-order valence-electron chi connectivity index (χ4n) is 2.91. The third-order valence-electron chi connectivity index (χ3n) is 4.39. The quantitative estimate of drug-likeness (QED) is 0.837. The summed E-state index contributed by atoms with van der Waals surface area (Å²) in [5.41, 5.74) is 0.903. The maximum absolute atomic E-state index is 12.7. The van der Waals surface area contributed by atoms with E-state index in [-0.39, 0.29) is 12.5 Å². The summed E-state index contributed by atoms with van der Waals surface area (Å²) in [6.45, 7) is 2.57. The number of hydrogen-bond donors (Lipinski definition) is 2. The molecule has 0 radical (unpaired) electrons. The molecule has 1 aliphatic heterocycles. The van der Waals surface area contributed by atoms with E-state index in [0.717, 1.165) is 5.69 Å². The van der Waals surface area contributed by atoms with Gasteiger partial charge in [0, 0.05) is 25.4 Å². The third kappa shape index (κ3) is 2.57. The van der Waals surface area contributed by atoms with E-state index in [1.165, 1.54) is 0 Å². The first-order valence-electron chi connectivity index (χ1n) is 7.46. The molecule has 1 atom stereocenters. The lowest BCUT2D eigenvalue weighted by Crippen LogP contribution is -2.37. The van der Waals surface area contributed by atoms with Crippen LogP contribution in [-0.2, 0) is 0 Å². The van der Waals surface area contributed by atoms with Crippen LogP contribution in [-0.4, -0.2) is 60.9 Å². The SMILES string of the molecule is Cc1c(C(=O)N2CCC[C@@](O)(CO)CC2)cnc2ccnn12. The maximum Gasteiger partial charge on any atom is 0.257 e. The average molecular weight is 304 g/mol. The highest BCUT2D eigenvalue weighted by Gasteiger charge is 2.31. The van der Waals surface area contributed by atoms with Crippen LogP contribution < -0.4 is 0 Å². The number of nitrogens with zero attached hydrogens (tertiary/aromatic N) is 4. The molecule has 118 valence electrons. The van der Waals surface area contributed by atoms with Gasteiger partial charge < -0.3 is 15.1 Å². The van der Waals surface area contributed by atoms with E-state index in [9.17, 15) is 15.0 Å². The van der Waals surface area contributed by atoms with Gasteiger partial charge in [-0.05, 0) is 26.2 Å². The highest BCUT2D eigenvalue weighted by molar-refractivity contribution is 5.95. The number of rotatable bonds is 2. The summed E-state index contributed by atoms with van der Waals surface area (Å²) in [7, 11) is 0. The lowest BCUT2D eigenvalue weighted by Gasteiger charge is -2.24. The predicted molar refractivity (Wildman–Crippen MR) is 79.5 cm³/mol. The lowest BCUT2D eigenvalue weighted by molar-refractivity contribution is -0.0250. The van der Waals surface area contributed by atoms with Gasteiger partial charge in [0.1, 0.15) is 0 Å². The van der Waals surface area contributed by atoms with Gasteiger partial charge >= 0.3 is 0 Å². The summed E-state index contributed by atoms with van der Waals surface area (Å²) < 4.78 is 1.65. The third-order valence-corrected chi connectivity index (χ3v) is 4.39. The number of aliphatic hydroxyl groups is 2. The van der Waals surface area contributed by atoms with Gasteiger partial charge in [-0.1, -0.05) is 0 Å². The predicted octanol–water partition coefficient (Wildman–Crippen LogP) is 0.387. The standard InChI is InChI=1S/C15H20N4O3/c1-11-12(9-16-13-3-6-17-19(11)13)14(21)18-7-2-4-15(22,10-20)5-8-18/h3,6,9,20,22H,2,4-5,7-8,10H2,1H3/t15-/m0/s1. The van der Waals surface area contributed by atoms with Crippen LogP contribution in [0.1, 0.15) is 35.3 Å². The molecule has 22 heavy (non-hydrogen) atoms. The summed E-state index contributed by atoms with van der Waals surface area (Å²) in [5.74, 6) is -0.107. The van der Waals surface area contributed by atoms with Gasteiger partial charge in [0.05, 0.1) is 29.7 Å². The summed E-state index contributed by atoms with van der Waals surface area (Å²) in [6, 6.07) is 1.79. The highest BCUT2D eigenvalue weighted by atomic mass is 16.3. The van der Waals surface area contributed by atoms with Crippen molar-refractivity contribution >= 4 is 11.6 Å². The summed E-state index contributed by atoms with van der Waals surface area (Å²) >= 11 is 0. The Hall–Kier alpha value is -1.99. The van der Waals surface area contributed by atoms with Crippen LogP contribution in [0, 0.1) is 6.92 Å². The van der Waals surface area contributed by atoms with E-state index in [1.807, 2.05) is 6.92 Å². The number of amides is 1. The Morgan fingerprint density at radius 1 is 1.41 bits per heavy atom. The van der Waals surface area contributed by atoms with Crippen molar-refractivity contribution in [3.05, 3.63) is 29.7 Å². The summed E-state index contributed by atoms with van der Waals surface area (Å²) in [6.07, 6.45) is 4.78. The molecule has 7 nitrogen and oxygen atoms in total. The second-order valence-corrected chi connectivity index (χ2v) is 5.89. The monoisotopic (exact) mass is 304 g/mol. The zero-order valence-electron chi connectivity index (χ0n) is 12.6. The Bertz CT molecular complexity index is 699. The number of likely N-dealkylation sites (tertiary alicyclic amines) is 1. The van der Waals surface area contributed by atoms with Crippen molar-refractivity contribution in [2.75, 3.05) is 19.7 Å². The van der Waals surface area contributed by atoms with Crippen molar-refractivity contribution in [3.63, 3.8) is 0 Å². The number of aryl methyl sites for hydroxylation is 1. The zero-order chi connectivity index (χ0) is 15.7. The van der Waals surface area contributed by atoms with Gasteiger partial charge in [-0.3, -0.25) is 4.79 Å². The Morgan fingerprint density at radius 2 is 2.23 bits per heavy atom. The van der Waals surface area contributed by atoms with E-state index >= 15 is 0 Å². The molecule has 1 amide bonds. The molecule has 2 N–H and O–H groups in total. The summed E-state index contributed by atoms with van der Waals surface area (Å²) in [4.78, 5) is 18.7. The van der Waals surface area contributed by atoms with Crippen molar-refractivity contribution in [2.24, 2.45) is 0 Å². The Labute approximate surface area is 128 Å². The molecular formula is C15H20N4O3. The summed E-state index contributed by atoms with van der Waals surface area (Å²) in [5, 5.41) is 23.6. The Kier molecular flexibility index (Phi) is 3.84. The van der Waals surface area contributed by atoms with Crippen molar-refractivity contribution in [2.45, 2.75) is 31.8 Å². The van der Waals surface area contributed by atoms with E-state index in [1.54, 1.807) is 27.9 Å². The van der Waals surface area contributed by atoms with Gasteiger partial charge in [-0.15, -0.1) is 0 Å². The molecule has 2 aromatic heterocycles. The minimum absolute atomic E-state index is 0.107. The first kappa shape index (κ1) is 14.9. The zero-order valence-corrected chi connectivity index (χ0v) is 12.6. The number of aromatic nitrogens is 3. The second kappa shape index (κ2) is 5.66. The van der Waals surface area contributed by atoms with Crippen LogP contribution in [0.2, 0.25) is 0 Å². The molecule has 3 rings (SSSR count). The molecular weight excluding hydrogens is 284 g/mol. The molecule has 0 unspecified atom stereocenters. The van der Waals surface area contributed by atoms with Gasteiger partial charge in [-0.2, -0.15) is 5.10 Å². The molecule has 0 bridgehead atoms. The smallest absolute Gasteiger partial charge is 0.257 e. The second-order valence-electron chi connectivity index (χ2n) is 5.89. The van der Waals surface area contributed by atoms with E-state index in [4.69, 9.17) is 0 Å². The molecule has 3 heterocycles. The van der Waals surface area contributed by atoms with Gasteiger partial charge in [0.2, 0.25) is 0 Å². The van der Waals surface area contributed by atoms with E-state index in [0.29, 0.717) is 43.6 Å². The van der Waals surface area contributed by atoms with Gasteiger partial charge in [0.15, 0.2) is 5.65 Å². The molecule has 1 fully saturated rings. The van der Waals surface area contributed by atoms with Crippen LogP contribution in [0.4, 0.5) is 0 Å².